The van der Waals surface area contributed by atoms with Gasteiger partial charge in [-0.1, -0.05) is 0 Å². The number of aliphatic carboxylic acids is 1. The summed E-state index contributed by atoms with van der Waals surface area (Å²) in [6.45, 7) is 1.87. The Hall–Kier alpha value is -1.30. The zero-order valence-electron chi connectivity index (χ0n) is 13.0. The van der Waals surface area contributed by atoms with Crippen LogP contribution in [-0.2, 0) is 4.79 Å². The average molecular weight is 297 g/mol. The Morgan fingerprint density at radius 3 is 2.43 bits per heavy atom. The van der Waals surface area contributed by atoms with Crippen LogP contribution >= 0.6 is 0 Å². The normalized spacial score (nSPS) is 30.1. The molecule has 2 aliphatic rings. The molecule has 1 unspecified atom stereocenters. The fourth-order valence-corrected chi connectivity index (χ4v) is 3.38. The van der Waals surface area contributed by atoms with E-state index in [1.165, 1.54) is 6.42 Å². The van der Waals surface area contributed by atoms with Crippen molar-refractivity contribution in [2.24, 2.45) is 5.92 Å². The van der Waals surface area contributed by atoms with Crippen LogP contribution in [0.4, 0.5) is 4.79 Å². The highest BCUT2D eigenvalue weighted by molar-refractivity contribution is 5.74. The van der Waals surface area contributed by atoms with Gasteiger partial charge < -0.3 is 20.2 Å². The molecule has 1 saturated heterocycles. The molecule has 6 nitrogen and oxygen atoms in total. The third-order valence-electron chi connectivity index (χ3n) is 4.91. The second-order valence-electron chi connectivity index (χ2n) is 6.49. The van der Waals surface area contributed by atoms with Crippen LogP contribution in [0.5, 0.6) is 0 Å². The van der Waals surface area contributed by atoms with Crippen LogP contribution in [0.1, 0.15) is 38.5 Å². The maximum atomic E-state index is 12.2. The molecule has 0 spiro atoms. The lowest BCUT2D eigenvalue weighted by Gasteiger charge is -2.30. The van der Waals surface area contributed by atoms with Crippen LogP contribution in [0.2, 0.25) is 0 Å². The molecule has 1 saturated carbocycles. The summed E-state index contributed by atoms with van der Waals surface area (Å²) in [5.41, 5.74) is 0. The molecule has 0 radical (unpaired) electrons. The molecule has 0 aromatic heterocycles. The Bertz CT molecular complexity index is 380. The SMILES string of the molecule is CN(CC1CCCN1C)C(=O)NC1CCC(C(=O)O)CC1. The molecule has 2 N–H and O–H groups in total. The summed E-state index contributed by atoms with van der Waals surface area (Å²) in [7, 11) is 3.95. The summed E-state index contributed by atoms with van der Waals surface area (Å²) in [5.74, 6) is -0.941. The monoisotopic (exact) mass is 297 g/mol. The van der Waals surface area contributed by atoms with Gasteiger partial charge in [-0.25, -0.2) is 4.79 Å². The Kier molecular flexibility index (Phi) is 5.45. The van der Waals surface area contributed by atoms with Crippen molar-refractivity contribution in [3.8, 4) is 0 Å². The topological polar surface area (TPSA) is 72.9 Å². The van der Waals surface area contributed by atoms with Gasteiger partial charge >= 0.3 is 12.0 Å². The van der Waals surface area contributed by atoms with Crippen molar-refractivity contribution < 1.29 is 14.7 Å². The maximum absolute atomic E-state index is 12.2. The van der Waals surface area contributed by atoms with Crippen molar-refractivity contribution >= 4 is 12.0 Å². The van der Waals surface area contributed by atoms with Gasteiger partial charge in [0.15, 0.2) is 0 Å². The third-order valence-corrected chi connectivity index (χ3v) is 4.91. The smallest absolute Gasteiger partial charge is 0.317 e. The molecule has 2 rings (SSSR count). The quantitative estimate of drug-likeness (QED) is 0.822. The number of rotatable bonds is 4. The van der Waals surface area contributed by atoms with Crippen molar-refractivity contribution in [2.45, 2.75) is 50.6 Å². The minimum Gasteiger partial charge on any atom is -0.481 e. The van der Waals surface area contributed by atoms with Gasteiger partial charge in [0.05, 0.1) is 5.92 Å². The molecule has 0 aromatic carbocycles. The fourth-order valence-electron chi connectivity index (χ4n) is 3.38. The minimum atomic E-state index is -0.707. The summed E-state index contributed by atoms with van der Waals surface area (Å²) >= 11 is 0. The van der Waals surface area contributed by atoms with E-state index in [0.717, 1.165) is 32.4 Å². The van der Waals surface area contributed by atoms with E-state index in [-0.39, 0.29) is 18.0 Å². The first-order chi connectivity index (χ1) is 9.97. The lowest BCUT2D eigenvalue weighted by Crippen LogP contribution is -2.48. The number of likely N-dealkylation sites (N-methyl/N-ethyl adjacent to an activating group) is 2. The molecule has 1 atom stereocenters. The number of carbonyl (C=O) groups is 2. The first-order valence-electron chi connectivity index (χ1n) is 7.92. The van der Waals surface area contributed by atoms with Crippen molar-refractivity contribution in [3.05, 3.63) is 0 Å². The molecule has 2 amide bonds. The highest BCUT2D eigenvalue weighted by atomic mass is 16.4. The first-order valence-corrected chi connectivity index (χ1v) is 7.92. The van der Waals surface area contributed by atoms with Gasteiger partial charge in [-0.2, -0.15) is 0 Å². The highest BCUT2D eigenvalue weighted by Crippen LogP contribution is 2.24. The third kappa shape index (κ3) is 4.33. The van der Waals surface area contributed by atoms with Crippen molar-refractivity contribution in [2.75, 3.05) is 27.2 Å². The molecule has 21 heavy (non-hydrogen) atoms. The Labute approximate surface area is 126 Å². The molecule has 0 bridgehead atoms. The summed E-state index contributed by atoms with van der Waals surface area (Å²) < 4.78 is 0. The number of nitrogens with one attached hydrogen (secondary N) is 1. The number of carboxylic acids is 1. The number of likely N-dealkylation sites (tertiary alicyclic amines) is 1. The van der Waals surface area contributed by atoms with E-state index in [0.29, 0.717) is 18.9 Å². The number of hydrogen-bond acceptors (Lipinski definition) is 3. The van der Waals surface area contributed by atoms with Crippen LogP contribution in [0, 0.1) is 5.92 Å². The fraction of sp³-hybridized carbons (Fsp3) is 0.867. The second kappa shape index (κ2) is 7.11. The van der Waals surface area contributed by atoms with Gasteiger partial charge in [-0.05, 0) is 52.1 Å². The van der Waals surface area contributed by atoms with Gasteiger partial charge in [0.1, 0.15) is 0 Å². The van der Waals surface area contributed by atoms with Crippen LogP contribution < -0.4 is 5.32 Å². The summed E-state index contributed by atoms with van der Waals surface area (Å²) in [6, 6.07) is 0.550. The van der Waals surface area contributed by atoms with E-state index in [2.05, 4.69) is 17.3 Å². The van der Waals surface area contributed by atoms with Gasteiger partial charge in [0, 0.05) is 25.7 Å². The summed E-state index contributed by atoms with van der Waals surface area (Å²) in [5, 5.41) is 12.0. The molecule has 6 heteroatoms. The predicted octanol–water partition coefficient (Wildman–Crippen LogP) is 1.37. The lowest BCUT2D eigenvalue weighted by molar-refractivity contribution is -0.142. The summed E-state index contributed by atoms with van der Waals surface area (Å²) in [4.78, 5) is 27.2. The van der Waals surface area contributed by atoms with E-state index in [1.54, 1.807) is 4.90 Å². The number of amides is 2. The van der Waals surface area contributed by atoms with Crippen molar-refractivity contribution in [1.82, 2.24) is 15.1 Å². The number of urea groups is 1. The van der Waals surface area contributed by atoms with Crippen molar-refractivity contribution in [1.29, 1.82) is 0 Å². The number of carboxylic acid groups (broad SMARTS) is 1. The van der Waals surface area contributed by atoms with Crippen LogP contribution in [-0.4, -0.2) is 66.2 Å². The van der Waals surface area contributed by atoms with Crippen molar-refractivity contribution in [3.63, 3.8) is 0 Å². The average Bonchev–Trinajstić information content (AvgIpc) is 2.84. The molecular formula is C15H27N3O3. The second-order valence-corrected chi connectivity index (χ2v) is 6.49. The molecule has 1 aliphatic heterocycles. The highest BCUT2D eigenvalue weighted by Gasteiger charge is 2.28. The molecule has 120 valence electrons. The maximum Gasteiger partial charge on any atom is 0.317 e. The van der Waals surface area contributed by atoms with E-state index in [9.17, 15) is 9.59 Å². The Morgan fingerprint density at radius 2 is 1.90 bits per heavy atom. The van der Waals surface area contributed by atoms with E-state index in [4.69, 9.17) is 5.11 Å². The van der Waals surface area contributed by atoms with Gasteiger partial charge in [0.2, 0.25) is 0 Å². The van der Waals surface area contributed by atoms with E-state index < -0.39 is 5.97 Å². The Balaban J connectivity index is 1.72. The van der Waals surface area contributed by atoms with E-state index >= 15 is 0 Å². The zero-order chi connectivity index (χ0) is 15.4. The summed E-state index contributed by atoms with van der Waals surface area (Å²) in [6.07, 6.45) is 5.21. The number of hydrogen-bond donors (Lipinski definition) is 2. The molecule has 1 heterocycles. The molecule has 2 fully saturated rings. The zero-order valence-corrected chi connectivity index (χ0v) is 13.0. The molecular weight excluding hydrogens is 270 g/mol. The molecule has 0 aromatic rings. The Morgan fingerprint density at radius 1 is 1.24 bits per heavy atom. The largest absolute Gasteiger partial charge is 0.481 e. The van der Waals surface area contributed by atoms with Gasteiger partial charge in [0.25, 0.3) is 0 Å². The lowest BCUT2D eigenvalue weighted by atomic mass is 9.86. The van der Waals surface area contributed by atoms with Crippen LogP contribution in [0.25, 0.3) is 0 Å². The van der Waals surface area contributed by atoms with Crippen LogP contribution in [0.15, 0.2) is 0 Å². The van der Waals surface area contributed by atoms with E-state index in [1.807, 2.05) is 7.05 Å². The van der Waals surface area contributed by atoms with Crippen LogP contribution in [0.3, 0.4) is 0 Å². The first kappa shape index (κ1) is 16.1. The van der Waals surface area contributed by atoms with Gasteiger partial charge in [-0.3, -0.25) is 4.79 Å². The predicted molar refractivity (Wildman–Crippen MR) is 80.2 cm³/mol. The minimum absolute atomic E-state index is 0.0333. The van der Waals surface area contributed by atoms with Gasteiger partial charge in [-0.15, -0.1) is 0 Å². The number of nitrogens with zero attached hydrogens (tertiary/aromatic N) is 2. The molecule has 1 aliphatic carbocycles. The number of carbonyl (C=O) groups excluding carboxylic acids is 1. The standard InChI is InChI=1S/C15H27N3O3/c1-17-9-3-4-13(17)10-18(2)15(21)16-12-7-5-11(6-8-12)14(19)20/h11-13H,3-10H2,1-2H3,(H,16,21)(H,19,20).